The number of rotatable bonds is 4. The van der Waals surface area contributed by atoms with Crippen molar-refractivity contribution >= 4 is 11.8 Å². The van der Waals surface area contributed by atoms with E-state index in [0.29, 0.717) is 32.1 Å². The first-order chi connectivity index (χ1) is 12.2. The van der Waals surface area contributed by atoms with Crippen molar-refractivity contribution in [3.8, 4) is 0 Å². The molecule has 0 radical (unpaired) electrons. The number of hydrogen-bond donors (Lipinski definition) is 0. The van der Waals surface area contributed by atoms with E-state index in [2.05, 4.69) is 25.1 Å². The third kappa shape index (κ3) is 4.21. The van der Waals surface area contributed by atoms with E-state index in [1.54, 1.807) is 0 Å². The smallest absolute Gasteiger partial charge is 0.416 e. The van der Waals surface area contributed by atoms with Crippen molar-refractivity contribution in [3.63, 3.8) is 0 Å². The summed E-state index contributed by atoms with van der Waals surface area (Å²) in [7, 11) is 3.77. The molecular formula is C15H20F3N7O. The minimum Gasteiger partial charge on any atom is -0.416 e. The lowest BCUT2D eigenvalue weighted by Gasteiger charge is -2.35. The summed E-state index contributed by atoms with van der Waals surface area (Å²) >= 11 is 0. The lowest BCUT2D eigenvalue weighted by atomic mass is 10.3. The van der Waals surface area contributed by atoms with Crippen molar-refractivity contribution in [2.45, 2.75) is 19.6 Å². The minimum absolute atomic E-state index is 0.0291. The maximum absolute atomic E-state index is 12.5. The van der Waals surface area contributed by atoms with E-state index in [-0.39, 0.29) is 12.4 Å². The van der Waals surface area contributed by atoms with Crippen molar-refractivity contribution < 1.29 is 17.6 Å². The molecule has 2 aromatic rings. The predicted octanol–water partition coefficient (Wildman–Crippen LogP) is 1.58. The van der Waals surface area contributed by atoms with Crippen molar-refractivity contribution in [1.29, 1.82) is 0 Å². The van der Waals surface area contributed by atoms with Crippen LogP contribution in [0.1, 0.15) is 17.5 Å². The number of aryl methyl sites for hydroxylation is 1. The largest absolute Gasteiger partial charge is 0.470 e. The second kappa shape index (κ2) is 7.06. The Kier molecular flexibility index (Phi) is 4.99. The van der Waals surface area contributed by atoms with E-state index in [0.717, 1.165) is 11.5 Å². The molecule has 1 aliphatic heterocycles. The van der Waals surface area contributed by atoms with Gasteiger partial charge in [0.1, 0.15) is 5.82 Å². The van der Waals surface area contributed by atoms with Gasteiger partial charge in [-0.05, 0) is 6.92 Å². The van der Waals surface area contributed by atoms with Crippen LogP contribution in [-0.2, 0) is 12.7 Å². The maximum atomic E-state index is 12.5. The number of hydrogen-bond acceptors (Lipinski definition) is 8. The standard InChI is InChI=1S/C15H20F3N7O/c1-10-8-11(20-14(19-10)23(2)3)25-6-4-24(5-7-25)9-12-21-22-13(26-12)15(16,17)18/h8H,4-7,9H2,1-3H3. The number of aromatic nitrogens is 4. The fraction of sp³-hybridized carbons (Fsp3) is 0.600. The molecule has 2 aromatic heterocycles. The predicted molar refractivity (Wildman–Crippen MR) is 87.9 cm³/mol. The Labute approximate surface area is 148 Å². The molecule has 142 valence electrons. The van der Waals surface area contributed by atoms with Crippen molar-refractivity contribution in [1.82, 2.24) is 25.1 Å². The summed E-state index contributed by atoms with van der Waals surface area (Å²) in [6, 6.07) is 1.93. The van der Waals surface area contributed by atoms with Gasteiger partial charge in [0.25, 0.3) is 0 Å². The first kappa shape index (κ1) is 18.4. The zero-order valence-electron chi connectivity index (χ0n) is 14.8. The molecule has 0 N–H and O–H groups in total. The van der Waals surface area contributed by atoms with E-state index in [1.165, 1.54) is 0 Å². The Morgan fingerprint density at radius 1 is 1.12 bits per heavy atom. The average Bonchev–Trinajstić information content (AvgIpc) is 3.04. The van der Waals surface area contributed by atoms with Crippen LogP contribution >= 0.6 is 0 Å². The third-order valence-corrected chi connectivity index (χ3v) is 3.99. The molecule has 1 fully saturated rings. The summed E-state index contributed by atoms with van der Waals surface area (Å²) in [5, 5.41) is 6.53. The molecule has 1 saturated heterocycles. The third-order valence-electron chi connectivity index (χ3n) is 3.99. The quantitative estimate of drug-likeness (QED) is 0.802. The molecule has 1 aliphatic rings. The fourth-order valence-electron chi connectivity index (χ4n) is 2.66. The van der Waals surface area contributed by atoms with E-state index in [9.17, 15) is 13.2 Å². The van der Waals surface area contributed by atoms with E-state index in [4.69, 9.17) is 4.42 Å². The van der Waals surface area contributed by atoms with Crippen LogP contribution < -0.4 is 9.80 Å². The molecule has 0 amide bonds. The zero-order valence-corrected chi connectivity index (χ0v) is 14.8. The first-order valence-corrected chi connectivity index (χ1v) is 8.12. The van der Waals surface area contributed by atoms with Crippen LogP contribution in [0.2, 0.25) is 0 Å². The van der Waals surface area contributed by atoms with Crippen LogP contribution in [0.15, 0.2) is 10.5 Å². The molecule has 0 unspecified atom stereocenters. The van der Waals surface area contributed by atoms with Crippen molar-refractivity contribution in [2.75, 3.05) is 50.1 Å². The number of anilines is 2. The molecule has 8 nitrogen and oxygen atoms in total. The Balaban J connectivity index is 1.60. The highest BCUT2D eigenvalue weighted by molar-refractivity contribution is 5.45. The minimum atomic E-state index is -4.61. The van der Waals surface area contributed by atoms with Gasteiger partial charge < -0.3 is 14.2 Å². The molecule has 11 heteroatoms. The second-order valence-corrected chi connectivity index (χ2v) is 6.32. The fourth-order valence-corrected chi connectivity index (χ4v) is 2.66. The van der Waals surface area contributed by atoms with Gasteiger partial charge >= 0.3 is 12.1 Å². The monoisotopic (exact) mass is 371 g/mol. The Morgan fingerprint density at radius 2 is 1.81 bits per heavy atom. The number of piperazine rings is 1. The molecule has 3 rings (SSSR count). The summed E-state index contributed by atoms with van der Waals surface area (Å²) in [5.41, 5.74) is 0.881. The molecule has 0 bridgehead atoms. The van der Waals surface area contributed by atoms with Gasteiger partial charge in [0, 0.05) is 52.0 Å². The summed E-state index contributed by atoms with van der Waals surface area (Å²) in [6.07, 6.45) is -4.61. The molecule has 0 aliphatic carbocycles. The van der Waals surface area contributed by atoms with Gasteiger partial charge in [-0.3, -0.25) is 4.90 Å². The average molecular weight is 371 g/mol. The van der Waals surface area contributed by atoms with Gasteiger partial charge in [-0.25, -0.2) is 4.98 Å². The Bertz CT molecular complexity index is 754. The zero-order chi connectivity index (χ0) is 18.9. The number of halogens is 3. The maximum Gasteiger partial charge on any atom is 0.470 e. The van der Waals surface area contributed by atoms with Crippen LogP contribution in [0.4, 0.5) is 24.9 Å². The van der Waals surface area contributed by atoms with E-state index < -0.39 is 12.1 Å². The van der Waals surface area contributed by atoms with E-state index in [1.807, 2.05) is 36.9 Å². The Morgan fingerprint density at radius 3 is 2.38 bits per heavy atom. The van der Waals surface area contributed by atoms with Gasteiger partial charge in [-0.1, -0.05) is 0 Å². The lowest BCUT2D eigenvalue weighted by molar-refractivity contribution is -0.157. The Hall–Kier alpha value is -2.43. The normalized spacial score (nSPS) is 16.2. The van der Waals surface area contributed by atoms with Crippen molar-refractivity contribution in [3.05, 3.63) is 23.5 Å². The van der Waals surface area contributed by atoms with E-state index >= 15 is 0 Å². The van der Waals surface area contributed by atoms with Crippen molar-refractivity contribution in [2.24, 2.45) is 0 Å². The van der Waals surface area contributed by atoms with Crippen LogP contribution in [0, 0.1) is 6.92 Å². The van der Waals surface area contributed by atoms with Gasteiger partial charge in [0.05, 0.1) is 6.54 Å². The topological polar surface area (TPSA) is 74.4 Å². The molecule has 0 saturated carbocycles. The van der Waals surface area contributed by atoms with Crippen LogP contribution in [0.5, 0.6) is 0 Å². The highest BCUT2D eigenvalue weighted by Crippen LogP contribution is 2.28. The molecule has 26 heavy (non-hydrogen) atoms. The first-order valence-electron chi connectivity index (χ1n) is 8.12. The SMILES string of the molecule is Cc1cc(N2CCN(Cc3nnc(C(F)(F)F)o3)CC2)nc(N(C)C)n1. The number of nitrogens with zero attached hydrogens (tertiary/aromatic N) is 7. The molecule has 0 aromatic carbocycles. The number of alkyl halides is 3. The highest BCUT2D eigenvalue weighted by atomic mass is 19.4. The second-order valence-electron chi connectivity index (χ2n) is 6.32. The molecular weight excluding hydrogens is 351 g/mol. The lowest BCUT2D eigenvalue weighted by Crippen LogP contribution is -2.46. The molecule has 3 heterocycles. The summed E-state index contributed by atoms with van der Waals surface area (Å²) in [6.45, 7) is 4.83. The van der Waals surface area contributed by atoms with Crippen LogP contribution in [-0.4, -0.2) is 65.3 Å². The summed E-state index contributed by atoms with van der Waals surface area (Å²) in [5.74, 6) is 0.156. The van der Waals surface area contributed by atoms with Gasteiger partial charge in [-0.2, -0.15) is 18.2 Å². The summed E-state index contributed by atoms with van der Waals surface area (Å²) < 4.78 is 42.2. The summed E-state index contributed by atoms with van der Waals surface area (Å²) in [4.78, 5) is 14.9. The molecule has 0 atom stereocenters. The van der Waals surface area contributed by atoms with Gasteiger partial charge in [0.15, 0.2) is 0 Å². The van der Waals surface area contributed by atoms with Gasteiger partial charge in [-0.15, -0.1) is 10.2 Å². The highest BCUT2D eigenvalue weighted by Gasteiger charge is 2.38. The van der Waals surface area contributed by atoms with Crippen LogP contribution in [0.3, 0.4) is 0 Å². The van der Waals surface area contributed by atoms with Crippen LogP contribution in [0.25, 0.3) is 0 Å². The molecule has 0 spiro atoms. The van der Waals surface area contributed by atoms with Gasteiger partial charge in [0.2, 0.25) is 11.8 Å².